The molecule has 0 spiro atoms. The lowest BCUT2D eigenvalue weighted by molar-refractivity contribution is 0.0644. The average Bonchev–Trinajstić information content (AvgIpc) is 2.47. The highest BCUT2D eigenvalue weighted by Crippen LogP contribution is 2.23. The summed E-state index contributed by atoms with van der Waals surface area (Å²) in [6, 6.07) is 7.91. The largest absolute Gasteiger partial charge is 0.372 e. The summed E-state index contributed by atoms with van der Waals surface area (Å²) in [7, 11) is 0. The third kappa shape index (κ3) is 2.47. The lowest BCUT2D eigenvalue weighted by Crippen LogP contribution is -2.16. The molecule has 0 aliphatic carbocycles. The van der Waals surface area contributed by atoms with Gasteiger partial charge in [0.05, 0.1) is 12.7 Å². The fraction of sp³-hybridized carbons (Fsp3) is 0.455. The van der Waals surface area contributed by atoms with E-state index < -0.39 is 0 Å². The topological polar surface area (TPSA) is 21.3 Å². The summed E-state index contributed by atoms with van der Waals surface area (Å²) in [6.07, 6.45) is 1.25. The van der Waals surface area contributed by atoms with E-state index >= 15 is 0 Å². The Kier molecular flexibility index (Phi) is 3.40. The average molecular weight is 212 g/mol. The zero-order valence-electron chi connectivity index (χ0n) is 8.00. The normalized spacial score (nSPS) is 23.1. The maximum absolute atomic E-state index is 5.83. The zero-order valence-corrected chi connectivity index (χ0v) is 8.76. The van der Waals surface area contributed by atoms with Gasteiger partial charge in [-0.25, -0.2) is 0 Å². The minimum atomic E-state index is 0.224. The van der Waals surface area contributed by atoms with Crippen molar-refractivity contribution in [2.24, 2.45) is 0 Å². The summed E-state index contributed by atoms with van der Waals surface area (Å²) in [5.74, 6) is 0. The standard InChI is InChI=1S/C11H14ClNO/c12-10-3-1-9(2-4-10)11-5-6-13-7-8-14-11/h1-4,11,13H,5-8H2. The number of rotatable bonds is 1. The summed E-state index contributed by atoms with van der Waals surface area (Å²) >= 11 is 5.83. The molecule has 0 bridgehead atoms. The van der Waals surface area contributed by atoms with Crippen molar-refractivity contribution in [2.45, 2.75) is 12.5 Å². The Morgan fingerprint density at radius 3 is 2.79 bits per heavy atom. The summed E-state index contributed by atoms with van der Waals surface area (Å²) in [6.45, 7) is 2.75. The molecular formula is C11H14ClNO. The first kappa shape index (κ1) is 9.97. The molecule has 0 amide bonds. The van der Waals surface area contributed by atoms with E-state index in [1.807, 2.05) is 24.3 Å². The molecule has 1 aromatic carbocycles. The van der Waals surface area contributed by atoms with Crippen molar-refractivity contribution in [1.82, 2.24) is 5.32 Å². The third-order valence-corrected chi connectivity index (χ3v) is 2.67. The molecule has 0 radical (unpaired) electrons. The molecule has 3 heteroatoms. The summed E-state index contributed by atoms with van der Waals surface area (Å²) < 4.78 is 5.72. The number of nitrogens with one attached hydrogen (secondary N) is 1. The second-order valence-corrected chi connectivity index (χ2v) is 3.89. The van der Waals surface area contributed by atoms with Crippen LogP contribution in [0.5, 0.6) is 0 Å². The van der Waals surface area contributed by atoms with Crippen molar-refractivity contribution in [1.29, 1.82) is 0 Å². The fourth-order valence-electron chi connectivity index (χ4n) is 1.66. The van der Waals surface area contributed by atoms with Crippen LogP contribution in [-0.4, -0.2) is 19.7 Å². The molecule has 14 heavy (non-hydrogen) atoms. The van der Waals surface area contributed by atoms with Crippen LogP contribution in [0.1, 0.15) is 18.1 Å². The van der Waals surface area contributed by atoms with Gasteiger partial charge in [-0.05, 0) is 30.7 Å². The molecule has 2 nitrogen and oxygen atoms in total. The molecule has 1 aliphatic heterocycles. The first-order valence-corrected chi connectivity index (χ1v) is 5.32. The van der Waals surface area contributed by atoms with Crippen molar-refractivity contribution in [3.8, 4) is 0 Å². The van der Waals surface area contributed by atoms with E-state index in [9.17, 15) is 0 Å². The van der Waals surface area contributed by atoms with Crippen molar-refractivity contribution in [2.75, 3.05) is 19.7 Å². The van der Waals surface area contributed by atoms with Gasteiger partial charge in [0.1, 0.15) is 0 Å². The molecule has 76 valence electrons. The van der Waals surface area contributed by atoms with E-state index in [0.29, 0.717) is 0 Å². The Hall–Kier alpha value is -0.570. The molecule has 2 rings (SSSR count). The van der Waals surface area contributed by atoms with Gasteiger partial charge in [-0.15, -0.1) is 0 Å². The number of benzene rings is 1. The van der Waals surface area contributed by atoms with Gasteiger partial charge in [0.15, 0.2) is 0 Å². The van der Waals surface area contributed by atoms with E-state index in [2.05, 4.69) is 5.32 Å². The van der Waals surface area contributed by atoms with Crippen LogP contribution in [0.15, 0.2) is 24.3 Å². The van der Waals surface area contributed by atoms with Crippen molar-refractivity contribution in [3.63, 3.8) is 0 Å². The van der Waals surface area contributed by atoms with E-state index in [4.69, 9.17) is 16.3 Å². The van der Waals surface area contributed by atoms with Gasteiger partial charge < -0.3 is 10.1 Å². The molecule has 1 fully saturated rings. The highest BCUT2D eigenvalue weighted by Gasteiger charge is 2.13. The van der Waals surface area contributed by atoms with E-state index in [-0.39, 0.29) is 6.10 Å². The fourth-order valence-corrected chi connectivity index (χ4v) is 1.78. The molecule has 1 N–H and O–H groups in total. The molecule has 1 atom stereocenters. The molecule has 0 aromatic heterocycles. The van der Waals surface area contributed by atoms with Gasteiger partial charge in [-0.2, -0.15) is 0 Å². The molecule has 1 heterocycles. The van der Waals surface area contributed by atoms with Crippen LogP contribution in [0, 0.1) is 0 Å². The van der Waals surface area contributed by atoms with Gasteiger partial charge in [-0.1, -0.05) is 23.7 Å². The van der Waals surface area contributed by atoms with Crippen molar-refractivity contribution < 1.29 is 4.74 Å². The maximum Gasteiger partial charge on any atom is 0.0837 e. The first-order chi connectivity index (χ1) is 6.86. The van der Waals surface area contributed by atoms with Crippen LogP contribution >= 0.6 is 11.6 Å². The van der Waals surface area contributed by atoms with Crippen LogP contribution in [0.3, 0.4) is 0 Å². The Morgan fingerprint density at radius 1 is 1.21 bits per heavy atom. The third-order valence-electron chi connectivity index (χ3n) is 2.42. The molecule has 1 aromatic rings. The zero-order chi connectivity index (χ0) is 9.80. The number of halogens is 1. The minimum Gasteiger partial charge on any atom is -0.372 e. The lowest BCUT2D eigenvalue weighted by atomic mass is 10.1. The van der Waals surface area contributed by atoms with Crippen molar-refractivity contribution >= 4 is 11.6 Å². The highest BCUT2D eigenvalue weighted by molar-refractivity contribution is 6.30. The Labute approximate surface area is 89.2 Å². The summed E-state index contributed by atoms with van der Waals surface area (Å²) in [5.41, 5.74) is 1.22. The molecule has 1 aliphatic rings. The van der Waals surface area contributed by atoms with Crippen LogP contribution in [-0.2, 0) is 4.74 Å². The molecule has 1 unspecified atom stereocenters. The number of hydrogen-bond donors (Lipinski definition) is 1. The molecule has 1 saturated heterocycles. The predicted octanol–water partition coefficient (Wildman–Crippen LogP) is 2.39. The first-order valence-electron chi connectivity index (χ1n) is 4.94. The minimum absolute atomic E-state index is 0.224. The van der Waals surface area contributed by atoms with Gasteiger partial charge in [0.25, 0.3) is 0 Å². The lowest BCUT2D eigenvalue weighted by Gasteiger charge is -2.14. The van der Waals surface area contributed by atoms with Gasteiger partial charge >= 0.3 is 0 Å². The second-order valence-electron chi connectivity index (χ2n) is 3.45. The Bertz CT molecular complexity index is 278. The van der Waals surface area contributed by atoms with Crippen LogP contribution in [0.2, 0.25) is 5.02 Å². The summed E-state index contributed by atoms with van der Waals surface area (Å²) in [5, 5.41) is 4.09. The van der Waals surface area contributed by atoms with E-state index in [1.54, 1.807) is 0 Å². The summed E-state index contributed by atoms with van der Waals surface area (Å²) in [4.78, 5) is 0. The Morgan fingerprint density at radius 2 is 2.00 bits per heavy atom. The van der Waals surface area contributed by atoms with Gasteiger partial charge in [0.2, 0.25) is 0 Å². The Balaban J connectivity index is 2.08. The van der Waals surface area contributed by atoms with Gasteiger partial charge in [0, 0.05) is 11.6 Å². The smallest absolute Gasteiger partial charge is 0.0837 e. The number of hydrogen-bond acceptors (Lipinski definition) is 2. The number of ether oxygens (including phenoxy) is 1. The molecule has 0 saturated carbocycles. The van der Waals surface area contributed by atoms with Crippen LogP contribution < -0.4 is 5.32 Å². The maximum atomic E-state index is 5.83. The van der Waals surface area contributed by atoms with Gasteiger partial charge in [-0.3, -0.25) is 0 Å². The highest BCUT2D eigenvalue weighted by atomic mass is 35.5. The van der Waals surface area contributed by atoms with Crippen LogP contribution in [0.4, 0.5) is 0 Å². The van der Waals surface area contributed by atoms with E-state index in [1.165, 1.54) is 5.56 Å². The van der Waals surface area contributed by atoms with Crippen molar-refractivity contribution in [3.05, 3.63) is 34.9 Å². The monoisotopic (exact) mass is 211 g/mol. The van der Waals surface area contributed by atoms with E-state index in [0.717, 1.165) is 31.1 Å². The van der Waals surface area contributed by atoms with Crippen LogP contribution in [0.25, 0.3) is 0 Å². The quantitative estimate of drug-likeness (QED) is 0.770. The molecular weight excluding hydrogens is 198 g/mol. The predicted molar refractivity (Wildman–Crippen MR) is 57.6 cm³/mol. The SMILES string of the molecule is Clc1ccc(C2CCNCCO2)cc1. The second kappa shape index (κ2) is 4.78.